The molecule has 100 valence electrons. The van der Waals surface area contributed by atoms with E-state index in [9.17, 15) is 0 Å². The zero-order valence-electron chi connectivity index (χ0n) is 11.5. The number of halogens is 1. The number of benzene rings is 2. The predicted octanol–water partition coefficient (Wildman–Crippen LogP) is 4.81. The predicted molar refractivity (Wildman–Crippen MR) is 91.9 cm³/mol. The Morgan fingerprint density at radius 1 is 1.05 bits per heavy atom. The van der Waals surface area contributed by atoms with E-state index < -0.39 is 0 Å². The third-order valence-corrected chi connectivity index (χ3v) is 4.78. The van der Waals surface area contributed by atoms with Crippen molar-refractivity contribution in [3.63, 3.8) is 0 Å². The van der Waals surface area contributed by atoms with Gasteiger partial charge in [0, 0.05) is 19.9 Å². The van der Waals surface area contributed by atoms with Gasteiger partial charge in [0.15, 0.2) is 0 Å². The van der Waals surface area contributed by atoms with Crippen LogP contribution in [-0.4, -0.2) is 19.0 Å². The number of hydrogen-bond acceptors (Lipinski definition) is 2. The lowest BCUT2D eigenvalue weighted by Gasteiger charge is -2.14. The van der Waals surface area contributed by atoms with E-state index in [1.807, 2.05) is 11.8 Å². The Labute approximate surface area is 133 Å². The van der Waals surface area contributed by atoms with Gasteiger partial charge >= 0.3 is 0 Å². The summed E-state index contributed by atoms with van der Waals surface area (Å²) in [5.74, 6) is 0. The second kappa shape index (κ2) is 6.77. The molecule has 0 heterocycles. The third-order valence-electron chi connectivity index (χ3n) is 2.82. The van der Waals surface area contributed by atoms with Crippen LogP contribution in [0.4, 0.5) is 0 Å². The molecule has 3 heteroatoms. The molecule has 0 aliphatic carbocycles. The Hall–Kier alpha value is -0.520. The zero-order chi connectivity index (χ0) is 13.8. The summed E-state index contributed by atoms with van der Waals surface area (Å²) < 4.78 is 1.29. The van der Waals surface area contributed by atoms with E-state index in [1.165, 1.54) is 24.5 Å². The molecule has 0 atom stereocenters. The minimum Gasteiger partial charge on any atom is -0.305 e. The van der Waals surface area contributed by atoms with Crippen molar-refractivity contribution in [2.45, 2.75) is 23.3 Å². The highest BCUT2D eigenvalue weighted by atomic mass is 127. The molecule has 19 heavy (non-hydrogen) atoms. The van der Waals surface area contributed by atoms with Gasteiger partial charge in [0.25, 0.3) is 0 Å². The highest BCUT2D eigenvalue weighted by Crippen LogP contribution is 2.33. The summed E-state index contributed by atoms with van der Waals surface area (Å²) >= 11 is 4.22. The topological polar surface area (TPSA) is 3.24 Å². The van der Waals surface area contributed by atoms with E-state index in [0.29, 0.717) is 0 Å². The quantitative estimate of drug-likeness (QED) is 0.697. The summed E-state index contributed by atoms with van der Waals surface area (Å²) in [5, 5.41) is 0. The van der Waals surface area contributed by atoms with Crippen molar-refractivity contribution < 1.29 is 0 Å². The lowest BCUT2D eigenvalue weighted by molar-refractivity contribution is 0.399. The number of nitrogens with zero attached hydrogens (tertiary/aromatic N) is 1. The van der Waals surface area contributed by atoms with Gasteiger partial charge in [-0.2, -0.15) is 0 Å². The number of aryl methyl sites for hydroxylation is 1. The molecule has 2 rings (SSSR count). The van der Waals surface area contributed by atoms with Crippen molar-refractivity contribution in [1.29, 1.82) is 0 Å². The lowest BCUT2D eigenvalue weighted by Crippen LogP contribution is -2.11. The fraction of sp³-hybridized carbons (Fsp3) is 0.250. The standard InChI is InChI=1S/C16H18INS/c1-12-10-14(17)8-9-15(12)19-16-7-5-4-6-13(16)11-18(2)3/h4-10H,11H2,1-3H3. The van der Waals surface area contributed by atoms with E-state index in [0.717, 1.165) is 6.54 Å². The van der Waals surface area contributed by atoms with Gasteiger partial charge in [-0.3, -0.25) is 0 Å². The fourth-order valence-electron chi connectivity index (χ4n) is 1.92. The second-order valence-electron chi connectivity index (χ2n) is 4.86. The lowest BCUT2D eigenvalue weighted by atomic mass is 10.2. The smallest absolute Gasteiger partial charge is 0.0238 e. The minimum atomic E-state index is 0.979. The molecule has 0 fully saturated rings. The van der Waals surface area contributed by atoms with Gasteiger partial charge in [-0.05, 0) is 79.0 Å². The molecule has 0 spiro atoms. The van der Waals surface area contributed by atoms with Gasteiger partial charge in [0.05, 0.1) is 0 Å². The Morgan fingerprint density at radius 2 is 1.79 bits per heavy atom. The first-order valence-electron chi connectivity index (χ1n) is 6.23. The summed E-state index contributed by atoms with van der Waals surface area (Å²) in [6, 6.07) is 15.3. The van der Waals surface area contributed by atoms with Crippen LogP contribution in [0.25, 0.3) is 0 Å². The first kappa shape index (κ1) is 14.9. The van der Waals surface area contributed by atoms with Crippen molar-refractivity contribution >= 4 is 34.4 Å². The third kappa shape index (κ3) is 4.23. The van der Waals surface area contributed by atoms with Crippen LogP contribution in [0, 0.1) is 10.5 Å². The Kier molecular flexibility index (Phi) is 5.30. The molecular formula is C16H18INS. The van der Waals surface area contributed by atoms with Gasteiger partial charge < -0.3 is 4.90 Å². The van der Waals surface area contributed by atoms with Crippen molar-refractivity contribution in [2.24, 2.45) is 0 Å². The normalized spacial score (nSPS) is 11.0. The highest BCUT2D eigenvalue weighted by Gasteiger charge is 2.07. The van der Waals surface area contributed by atoms with E-state index in [4.69, 9.17) is 0 Å². The molecule has 0 aromatic heterocycles. The maximum atomic E-state index is 2.36. The largest absolute Gasteiger partial charge is 0.305 e. The van der Waals surface area contributed by atoms with Crippen molar-refractivity contribution in [2.75, 3.05) is 14.1 Å². The molecule has 0 bridgehead atoms. The first-order chi connectivity index (χ1) is 9.06. The van der Waals surface area contributed by atoms with E-state index in [1.54, 1.807) is 0 Å². The van der Waals surface area contributed by atoms with Crippen molar-refractivity contribution in [3.05, 3.63) is 57.2 Å². The molecule has 2 aromatic rings. The molecule has 0 saturated heterocycles. The van der Waals surface area contributed by atoms with Crippen molar-refractivity contribution in [1.82, 2.24) is 4.90 Å². The van der Waals surface area contributed by atoms with Crippen LogP contribution < -0.4 is 0 Å². The summed E-state index contributed by atoms with van der Waals surface area (Å²) in [6.07, 6.45) is 0. The summed E-state index contributed by atoms with van der Waals surface area (Å²) in [6.45, 7) is 3.16. The maximum Gasteiger partial charge on any atom is 0.0238 e. The molecule has 0 saturated carbocycles. The van der Waals surface area contributed by atoms with E-state index >= 15 is 0 Å². The maximum absolute atomic E-state index is 2.36. The van der Waals surface area contributed by atoms with Crippen LogP contribution in [0.15, 0.2) is 52.3 Å². The molecule has 0 N–H and O–H groups in total. The monoisotopic (exact) mass is 383 g/mol. The van der Waals surface area contributed by atoms with E-state index in [2.05, 4.69) is 91.0 Å². The summed E-state index contributed by atoms with van der Waals surface area (Å²) in [5.41, 5.74) is 2.73. The molecule has 2 aromatic carbocycles. The van der Waals surface area contributed by atoms with E-state index in [-0.39, 0.29) is 0 Å². The highest BCUT2D eigenvalue weighted by molar-refractivity contribution is 14.1. The van der Waals surface area contributed by atoms with Crippen LogP contribution in [0.1, 0.15) is 11.1 Å². The first-order valence-corrected chi connectivity index (χ1v) is 8.12. The SMILES string of the molecule is Cc1cc(I)ccc1Sc1ccccc1CN(C)C. The second-order valence-corrected chi connectivity index (χ2v) is 7.19. The Bertz CT molecular complexity index is 566. The molecule has 0 amide bonds. The molecule has 0 radical (unpaired) electrons. The summed E-state index contributed by atoms with van der Waals surface area (Å²) in [7, 11) is 4.22. The molecule has 0 aliphatic heterocycles. The van der Waals surface area contributed by atoms with Gasteiger partial charge in [-0.1, -0.05) is 30.0 Å². The van der Waals surface area contributed by atoms with Crippen LogP contribution in [0.5, 0.6) is 0 Å². The fourth-order valence-corrected chi connectivity index (χ4v) is 3.57. The van der Waals surface area contributed by atoms with Crippen molar-refractivity contribution in [3.8, 4) is 0 Å². The average Bonchev–Trinajstić information content (AvgIpc) is 2.34. The minimum absolute atomic E-state index is 0.979. The number of rotatable bonds is 4. The zero-order valence-corrected chi connectivity index (χ0v) is 14.5. The average molecular weight is 383 g/mol. The van der Waals surface area contributed by atoms with Crippen LogP contribution in [-0.2, 0) is 6.54 Å². The molecule has 1 nitrogen and oxygen atoms in total. The van der Waals surface area contributed by atoms with Gasteiger partial charge in [-0.15, -0.1) is 0 Å². The van der Waals surface area contributed by atoms with Gasteiger partial charge in [-0.25, -0.2) is 0 Å². The molecular weight excluding hydrogens is 365 g/mol. The van der Waals surface area contributed by atoms with Gasteiger partial charge in [0.1, 0.15) is 0 Å². The molecule has 0 aliphatic rings. The summed E-state index contributed by atoms with van der Waals surface area (Å²) in [4.78, 5) is 4.90. The number of hydrogen-bond donors (Lipinski definition) is 0. The van der Waals surface area contributed by atoms with Gasteiger partial charge in [0.2, 0.25) is 0 Å². The van der Waals surface area contributed by atoms with Crippen LogP contribution in [0.3, 0.4) is 0 Å². The Morgan fingerprint density at radius 3 is 2.47 bits per heavy atom. The van der Waals surface area contributed by atoms with Crippen LogP contribution >= 0.6 is 34.4 Å². The molecule has 0 unspecified atom stereocenters. The van der Waals surface area contributed by atoms with Crippen LogP contribution in [0.2, 0.25) is 0 Å². The Balaban J connectivity index is 2.27.